The van der Waals surface area contributed by atoms with E-state index in [0.29, 0.717) is 5.56 Å². The summed E-state index contributed by atoms with van der Waals surface area (Å²) in [7, 11) is 1.84. The summed E-state index contributed by atoms with van der Waals surface area (Å²) in [4.78, 5) is 22.6. The molecule has 3 rings (SSSR count). The predicted octanol–water partition coefficient (Wildman–Crippen LogP) is 2.94. The first-order chi connectivity index (χ1) is 9.74. The molecule has 0 aliphatic carbocycles. The first-order valence-corrected chi connectivity index (χ1v) is 7.33. The zero-order valence-electron chi connectivity index (χ0n) is 11.2. The van der Waals surface area contributed by atoms with Gasteiger partial charge in [-0.2, -0.15) is 0 Å². The number of nitrogens with one attached hydrogen (secondary N) is 1. The van der Waals surface area contributed by atoms with Crippen LogP contribution in [0.15, 0.2) is 42.0 Å². The number of carbonyl (C=O) groups is 1. The van der Waals surface area contributed by atoms with E-state index >= 15 is 0 Å². The van der Waals surface area contributed by atoms with E-state index in [1.165, 1.54) is 4.88 Å². The molecule has 0 saturated carbocycles. The Morgan fingerprint density at radius 3 is 3.10 bits per heavy atom. The van der Waals surface area contributed by atoms with Crippen LogP contribution in [0.3, 0.4) is 0 Å². The van der Waals surface area contributed by atoms with Crippen LogP contribution in [-0.4, -0.2) is 34.4 Å². The fourth-order valence-electron chi connectivity index (χ4n) is 2.12. The summed E-state index contributed by atoms with van der Waals surface area (Å²) in [6, 6.07) is 9.68. The monoisotopic (exact) mass is 285 g/mol. The molecule has 0 fully saturated rings. The van der Waals surface area contributed by atoms with Gasteiger partial charge in [0.05, 0.1) is 17.4 Å². The molecule has 5 heteroatoms. The van der Waals surface area contributed by atoms with Gasteiger partial charge in [-0.1, -0.05) is 6.07 Å². The SMILES string of the molecule is CN(CCc1cccs1)C(=O)c1ccc2nc[nH]c2c1. The summed E-state index contributed by atoms with van der Waals surface area (Å²) in [5.41, 5.74) is 2.46. The molecule has 1 aromatic carbocycles. The number of likely N-dealkylation sites (N-methyl/N-ethyl adjacent to an activating group) is 1. The van der Waals surface area contributed by atoms with Crippen LogP contribution in [0.5, 0.6) is 0 Å². The summed E-state index contributed by atoms with van der Waals surface area (Å²) in [5.74, 6) is 0.0399. The topological polar surface area (TPSA) is 49.0 Å². The quantitative estimate of drug-likeness (QED) is 0.801. The number of imidazole rings is 1. The zero-order chi connectivity index (χ0) is 13.9. The van der Waals surface area contributed by atoms with Crippen molar-refractivity contribution in [2.75, 3.05) is 13.6 Å². The van der Waals surface area contributed by atoms with Gasteiger partial charge in [-0.05, 0) is 36.1 Å². The van der Waals surface area contributed by atoms with E-state index in [1.54, 1.807) is 22.6 Å². The van der Waals surface area contributed by atoms with Crippen molar-refractivity contribution in [1.82, 2.24) is 14.9 Å². The fraction of sp³-hybridized carbons (Fsp3) is 0.200. The van der Waals surface area contributed by atoms with E-state index in [2.05, 4.69) is 21.4 Å². The van der Waals surface area contributed by atoms with Gasteiger partial charge >= 0.3 is 0 Å². The molecule has 0 bridgehead atoms. The summed E-state index contributed by atoms with van der Waals surface area (Å²) in [6.45, 7) is 0.723. The number of hydrogen-bond donors (Lipinski definition) is 1. The lowest BCUT2D eigenvalue weighted by molar-refractivity contribution is 0.0797. The third-order valence-electron chi connectivity index (χ3n) is 3.29. The first-order valence-electron chi connectivity index (χ1n) is 6.45. The second-order valence-electron chi connectivity index (χ2n) is 4.69. The molecular weight excluding hydrogens is 270 g/mol. The van der Waals surface area contributed by atoms with Gasteiger partial charge in [-0.15, -0.1) is 11.3 Å². The van der Waals surface area contributed by atoms with Gasteiger partial charge < -0.3 is 9.88 Å². The predicted molar refractivity (Wildman–Crippen MR) is 81.1 cm³/mol. The molecule has 1 amide bonds. The van der Waals surface area contributed by atoms with Gasteiger partial charge in [0.2, 0.25) is 0 Å². The molecule has 0 saturated heterocycles. The van der Waals surface area contributed by atoms with Crippen LogP contribution in [0.1, 0.15) is 15.2 Å². The van der Waals surface area contributed by atoms with Crippen molar-refractivity contribution in [2.24, 2.45) is 0 Å². The van der Waals surface area contributed by atoms with Crippen LogP contribution in [0.4, 0.5) is 0 Å². The Morgan fingerprint density at radius 1 is 1.40 bits per heavy atom. The van der Waals surface area contributed by atoms with Gasteiger partial charge in [-0.25, -0.2) is 4.98 Å². The lowest BCUT2D eigenvalue weighted by Crippen LogP contribution is -2.28. The van der Waals surface area contributed by atoms with Crippen molar-refractivity contribution in [3.05, 3.63) is 52.5 Å². The summed E-state index contributed by atoms with van der Waals surface area (Å²) in [5, 5.41) is 2.06. The van der Waals surface area contributed by atoms with E-state index in [0.717, 1.165) is 24.0 Å². The third kappa shape index (κ3) is 2.58. The van der Waals surface area contributed by atoms with Crippen LogP contribution >= 0.6 is 11.3 Å². The van der Waals surface area contributed by atoms with Crippen LogP contribution in [0.2, 0.25) is 0 Å². The number of rotatable bonds is 4. The molecule has 2 aromatic heterocycles. The molecule has 0 aliphatic rings. The molecule has 3 aromatic rings. The lowest BCUT2D eigenvalue weighted by Gasteiger charge is -2.16. The van der Waals surface area contributed by atoms with Crippen molar-refractivity contribution in [1.29, 1.82) is 0 Å². The number of nitrogens with zero attached hydrogens (tertiary/aromatic N) is 2. The molecule has 0 spiro atoms. The Balaban J connectivity index is 1.70. The van der Waals surface area contributed by atoms with Crippen molar-refractivity contribution in [3.8, 4) is 0 Å². The van der Waals surface area contributed by atoms with Gasteiger partial charge in [0.25, 0.3) is 5.91 Å². The number of benzene rings is 1. The molecule has 4 nitrogen and oxygen atoms in total. The number of carbonyl (C=O) groups excluding carboxylic acids is 1. The first kappa shape index (κ1) is 12.9. The zero-order valence-corrected chi connectivity index (χ0v) is 12.0. The second kappa shape index (κ2) is 5.46. The van der Waals surface area contributed by atoms with Crippen molar-refractivity contribution in [2.45, 2.75) is 6.42 Å². The molecule has 20 heavy (non-hydrogen) atoms. The highest BCUT2D eigenvalue weighted by Gasteiger charge is 2.12. The van der Waals surface area contributed by atoms with Crippen LogP contribution in [0.25, 0.3) is 11.0 Å². The molecule has 0 aliphatic heterocycles. The van der Waals surface area contributed by atoms with Gasteiger partial charge in [-0.3, -0.25) is 4.79 Å². The number of H-pyrrole nitrogens is 1. The van der Waals surface area contributed by atoms with Gasteiger partial charge in [0.15, 0.2) is 0 Å². The van der Waals surface area contributed by atoms with E-state index in [9.17, 15) is 4.79 Å². The van der Waals surface area contributed by atoms with E-state index < -0.39 is 0 Å². The average Bonchev–Trinajstić information content (AvgIpc) is 3.13. The highest BCUT2D eigenvalue weighted by atomic mass is 32.1. The maximum absolute atomic E-state index is 12.4. The summed E-state index contributed by atoms with van der Waals surface area (Å²) in [6.07, 6.45) is 2.53. The molecule has 0 atom stereocenters. The maximum Gasteiger partial charge on any atom is 0.253 e. The smallest absolute Gasteiger partial charge is 0.253 e. The minimum atomic E-state index is 0.0399. The van der Waals surface area contributed by atoms with Crippen molar-refractivity contribution >= 4 is 28.3 Å². The Hall–Kier alpha value is -2.14. The highest BCUT2D eigenvalue weighted by molar-refractivity contribution is 7.09. The van der Waals surface area contributed by atoms with E-state index in [-0.39, 0.29) is 5.91 Å². The molecule has 102 valence electrons. The fourth-order valence-corrected chi connectivity index (χ4v) is 2.82. The van der Waals surface area contributed by atoms with Crippen LogP contribution in [-0.2, 0) is 6.42 Å². The Labute approximate surface area is 121 Å². The van der Waals surface area contributed by atoms with Gasteiger partial charge in [0, 0.05) is 24.0 Å². The molecular formula is C15H15N3OS. The average molecular weight is 285 g/mol. The Kier molecular flexibility index (Phi) is 3.52. The number of fused-ring (bicyclic) bond motifs is 1. The minimum absolute atomic E-state index is 0.0399. The summed E-state index contributed by atoms with van der Waals surface area (Å²) >= 11 is 1.72. The standard InChI is InChI=1S/C15H15N3OS/c1-18(7-6-12-3-2-8-20-12)15(19)11-4-5-13-14(9-11)17-10-16-13/h2-5,8-10H,6-7H2,1H3,(H,16,17). The molecule has 0 radical (unpaired) electrons. The Bertz CT molecular complexity index is 718. The number of amides is 1. The third-order valence-corrected chi connectivity index (χ3v) is 4.22. The van der Waals surface area contributed by atoms with Crippen LogP contribution in [0, 0.1) is 0 Å². The molecule has 2 heterocycles. The van der Waals surface area contributed by atoms with E-state index in [1.807, 2.05) is 31.3 Å². The Morgan fingerprint density at radius 2 is 2.30 bits per heavy atom. The second-order valence-corrected chi connectivity index (χ2v) is 5.72. The highest BCUT2D eigenvalue weighted by Crippen LogP contribution is 2.14. The largest absolute Gasteiger partial charge is 0.345 e. The number of thiophene rings is 1. The minimum Gasteiger partial charge on any atom is -0.345 e. The van der Waals surface area contributed by atoms with Crippen molar-refractivity contribution < 1.29 is 4.79 Å². The summed E-state index contributed by atoms with van der Waals surface area (Å²) < 4.78 is 0. The number of aromatic nitrogens is 2. The number of aromatic amines is 1. The normalized spacial score (nSPS) is 10.8. The maximum atomic E-state index is 12.4. The number of hydrogen-bond acceptors (Lipinski definition) is 3. The lowest BCUT2D eigenvalue weighted by atomic mass is 10.1. The van der Waals surface area contributed by atoms with E-state index in [4.69, 9.17) is 0 Å². The molecule has 1 N–H and O–H groups in total. The molecule has 0 unspecified atom stereocenters. The van der Waals surface area contributed by atoms with Crippen molar-refractivity contribution in [3.63, 3.8) is 0 Å². The van der Waals surface area contributed by atoms with Gasteiger partial charge in [0.1, 0.15) is 0 Å². The van der Waals surface area contributed by atoms with Crippen LogP contribution < -0.4 is 0 Å².